The van der Waals surface area contributed by atoms with Crippen LogP contribution >= 0.6 is 34.8 Å². The summed E-state index contributed by atoms with van der Waals surface area (Å²) in [7, 11) is -6.48. The fourth-order valence-corrected chi connectivity index (χ4v) is 6.25. The number of rotatable bonds is 9. The van der Waals surface area contributed by atoms with Crippen molar-refractivity contribution in [2.24, 2.45) is 0 Å². The number of nitrogens with zero attached hydrogens (tertiary/aromatic N) is 1. The molecule has 0 aromatic heterocycles. The molecule has 37 heavy (non-hydrogen) atoms. The fourth-order valence-electron chi connectivity index (χ4n) is 3.35. The number of nitrogens with one attached hydrogen (secondary N) is 2. The summed E-state index contributed by atoms with van der Waals surface area (Å²) in [4.78, 5) is 12.8. The van der Waals surface area contributed by atoms with Crippen LogP contribution in [0.4, 0.5) is 17.1 Å². The van der Waals surface area contributed by atoms with Crippen molar-refractivity contribution in [3.05, 3.63) is 75.7 Å². The van der Waals surface area contributed by atoms with Gasteiger partial charge in [0.05, 0.1) is 44.7 Å². The molecular weight excluding hydrogens is 585 g/mol. The highest BCUT2D eigenvalue weighted by Gasteiger charge is 2.30. The number of anilines is 3. The summed E-state index contributed by atoms with van der Waals surface area (Å²) in [5.74, 6) is -0.310. The maximum atomic E-state index is 12.9. The first-order valence-electron chi connectivity index (χ1n) is 10.5. The Morgan fingerprint density at radius 3 is 2.16 bits per heavy atom. The molecule has 198 valence electrons. The molecule has 0 aliphatic carbocycles. The number of ether oxygens (including phenoxy) is 1. The first-order valence-corrected chi connectivity index (χ1v) is 14.9. The molecule has 0 radical (unpaired) electrons. The molecule has 14 heteroatoms. The van der Waals surface area contributed by atoms with Crippen LogP contribution in [0.2, 0.25) is 15.1 Å². The third kappa shape index (κ3) is 6.79. The molecule has 2 N–H and O–H groups in total. The van der Waals surface area contributed by atoms with Crippen LogP contribution in [0, 0.1) is 0 Å². The first kappa shape index (κ1) is 28.9. The Morgan fingerprint density at radius 1 is 0.946 bits per heavy atom. The van der Waals surface area contributed by atoms with Crippen molar-refractivity contribution in [1.29, 1.82) is 0 Å². The van der Waals surface area contributed by atoms with Gasteiger partial charge in [-0.2, -0.15) is 0 Å². The third-order valence-electron chi connectivity index (χ3n) is 5.11. The van der Waals surface area contributed by atoms with Crippen LogP contribution in [0.3, 0.4) is 0 Å². The second-order valence-corrected chi connectivity index (χ2v) is 12.5. The number of benzene rings is 3. The van der Waals surface area contributed by atoms with Crippen molar-refractivity contribution in [3.8, 4) is 5.75 Å². The fraction of sp³-hybridized carbons (Fsp3) is 0.174. The predicted octanol–water partition coefficient (Wildman–Crippen LogP) is 5.25. The molecule has 1 atom stereocenters. The molecular formula is C23H22Cl3N3O6S2. The van der Waals surface area contributed by atoms with Gasteiger partial charge in [0.2, 0.25) is 15.9 Å². The number of sulfonamides is 2. The van der Waals surface area contributed by atoms with E-state index in [2.05, 4.69) is 10.0 Å². The number of amides is 1. The average molecular weight is 607 g/mol. The lowest BCUT2D eigenvalue weighted by Gasteiger charge is -2.28. The predicted molar refractivity (Wildman–Crippen MR) is 147 cm³/mol. The van der Waals surface area contributed by atoms with E-state index >= 15 is 0 Å². The van der Waals surface area contributed by atoms with E-state index in [9.17, 15) is 21.6 Å². The SMILES string of the molecule is COc1ccc(N([C@H](C)C(=O)Nc2ccc(S(=O)(=O)Nc3cccc(Cl)c3Cl)cc2)S(C)(=O)=O)cc1Cl. The maximum absolute atomic E-state index is 12.9. The molecule has 0 spiro atoms. The lowest BCUT2D eigenvalue weighted by molar-refractivity contribution is -0.116. The summed E-state index contributed by atoms with van der Waals surface area (Å²) in [6, 6.07) is 13.0. The van der Waals surface area contributed by atoms with Gasteiger partial charge in [-0.05, 0) is 61.5 Å². The molecule has 3 aromatic rings. The summed E-state index contributed by atoms with van der Waals surface area (Å²) in [5.41, 5.74) is 0.529. The second-order valence-electron chi connectivity index (χ2n) is 7.77. The monoisotopic (exact) mass is 605 g/mol. The summed E-state index contributed by atoms with van der Waals surface area (Å²) < 4.78 is 58.9. The zero-order valence-corrected chi connectivity index (χ0v) is 23.6. The van der Waals surface area contributed by atoms with Crippen molar-refractivity contribution in [3.63, 3.8) is 0 Å². The topological polar surface area (TPSA) is 122 Å². The Hall–Kier alpha value is -2.70. The molecule has 0 bridgehead atoms. The zero-order chi connectivity index (χ0) is 27.5. The summed E-state index contributed by atoms with van der Waals surface area (Å²) in [6.45, 7) is 1.41. The van der Waals surface area contributed by atoms with Crippen molar-refractivity contribution in [2.45, 2.75) is 17.9 Å². The number of hydrogen-bond acceptors (Lipinski definition) is 6. The van der Waals surface area contributed by atoms with E-state index < -0.39 is 32.0 Å². The molecule has 0 heterocycles. The minimum absolute atomic E-state index is 0.0548. The first-order chi connectivity index (χ1) is 17.2. The Labute approximate surface area is 230 Å². The van der Waals surface area contributed by atoms with Crippen LogP contribution in [0.1, 0.15) is 6.92 Å². The maximum Gasteiger partial charge on any atom is 0.261 e. The van der Waals surface area contributed by atoms with E-state index in [-0.39, 0.29) is 37.0 Å². The van der Waals surface area contributed by atoms with Crippen LogP contribution in [0.25, 0.3) is 0 Å². The van der Waals surface area contributed by atoms with Crippen LogP contribution in [0.15, 0.2) is 65.6 Å². The molecule has 9 nitrogen and oxygen atoms in total. The van der Waals surface area contributed by atoms with Crippen LogP contribution < -0.4 is 19.1 Å². The van der Waals surface area contributed by atoms with Gasteiger partial charge >= 0.3 is 0 Å². The van der Waals surface area contributed by atoms with Gasteiger partial charge < -0.3 is 10.1 Å². The molecule has 1 amide bonds. The van der Waals surface area contributed by atoms with Gasteiger partial charge in [0.15, 0.2) is 0 Å². The van der Waals surface area contributed by atoms with Gasteiger partial charge in [0.1, 0.15) is 11.8 Å². The number of carbonyl (C=O) groups excluding carboxylic acids is 1. The van der Waals surface area contributed by atoms with Crippen molar-refractivity contribution in [2.75, 3.05) is 27.7 Å². The molecule has 0 aliphatic heterocycles. The van der Waals surface area contributed by atoms with E-state index in [4.69, 9.17) is 39.5 Å². The number of carbonyl (C=O) groups is 1. The third-order valence-corrected chi connectivity index (χ3v) is 8.84. The smallest absolute Gasteiger partial charge is 0.261 e. The number of methoxy groups -OCH3 is 1. The largest absolute Gasteiger partial charge is 0.495 e. The van der Waals surface area contributed by atoms with Crippen molar-refractivity contribution >= 4 is 77.8 Å². The van der Waals surface area contributed by atoms with Gasteiger partial charge in [-0.15, -0.1) is 0 Å². The highest BCUT2D eigenvalue weighted by Crippen LogP contribution is 2.32. The lowest BCUT2D eigenvalue weighted by Crippen LogP contribution is -2.45. The molecule has 0 unspecified atom stereocenters. The summed E-state index contributed by atoms with van der Waals surface area (Å²) >= 11 is 18.1. The Morgan fingerprint density at radius 2 is 1.59 bits per heavy atom. The Bertz CT molecular complexity index is 1530. The van der Waals surface area contributed by atoms with E-state index in [0.29, 0.717) is 5.75 Å². The summed E-state index contributed by atoms with van der Waals surface area (Å²) in [5, 5.41) is 3.01. The number of halogens is 3. The Kier molecular flexibility index (Phi) is 8.86. The second kappa shape index (κ2) is 11.4. The molecule has 0 aliphatic rings. The molecule has 0 fully saturated rings. The van der Waals surface area contributed by atoms with E-state index in [1.165, 1.54) is 68.6 Å². The lowest BCUT2D eigenvalue weighted by atomic mass is 10.2. The normalized spacial score (nSPS) is 12.5. The zero-order valence-electron chi connectivity index (χ0n) is 19.7. The van der Waals surface area contributed by atoms with Gasteiger partial charge in [-0.1, -0.05) is 40.9 Å². The highest BCUT2D eigenvalue weighted by molar-refractivity contribution is 7.92. The number of hydrogen-bond donors (Lipinski definition) is 2. The van der Waals surface area contributed by atoms with Crippen LogP contribution in [-0.2, 0) is 24.8 Å². The van der Waals surface area contributed by atoms with Crippen molar-refractivity contribution < 1.29 is 26.4 Å². The minimum Gasteiger partial charge on any atom is -0.495 e. The molecule has 0 saturated heterocycles. The van der Waals surface area contributed by atoms with Gasteiger partial charge in [-0.25, -0.2) is 16.8 Å². The van der Waals surface area contributed by atoms with E-state index in [1.807, 2.05) is 0 Å². The van der Waals surface area contributed by atoms with E-state index in [0.717, 1.165) is 10.6 Å². The van der Waals surface area contributed by atoms with E-state index in [1.54, 1.807) is 6.07 Å². The van der Waals surface area contributed by atoms with Gasteiger partial charge in [0, 0.05) is 5.69 Å². The van der Waals surface area contributed by atoms with Crippen LogP contribution in [0.5, 0.6) is 5.75 Å². The summed E-state index contributed by atoms with van der Waals surface area (Å²) in [6.07, 6.45) is 0.966. The van der Waals surface area contributed by atoms with Gasteiger partial charge in [-0.3, -0.25) is 13.8 Å². The van der Waals surface area contributed by atoms with Gasteiger partial charge in [0.25, 0.3) is 10.0 Å². The van der Waals surface area contributed by atoms with Crippen molar-refractivity contribution in [1.82, 2.24) is 0 Å². The standard InChI is InChI=1S/C23H22Cl3N3O6S2/c1-14(29(36(3,31)32)16-9-12-21(35-2)19(25)13-16)23(30)27-15-7-10-17(11-8-15)37(33,34)28-20-6-4-5-18(24)22(20)26/h4-14,28H,1-3H3,(H,27,30)/t14-/m1/s1. The molecule has 3 aromatic carbocycles. The highest BCUT2D eigenvalue weighted by atomic mass is 35.5. The quantitative estimate of drug-likeness (QED) is 0.343. The van der Waals surface area contributed by atoms with Crippen LogP contribution in [-0.4, -0.2) is 42.2 Å². The average Bonchev–Trinajstić information content (AvgIpc) is 2.81. The molecule has 3 rings (SSSR count). The Balaban J connectivity index is 1.79. The minimum atomic E-state index is -4.01. The molecule has 0 saturated carbocycles.